The van der Waals surface area contributed by atoms with E-state index in [-0.39, 0.29) is 5.96 Å². The molecule has 1 aliphatic rings. The minimum Gasteiger partial charge on any atom is -0.408 e. The Morgan fingerprint density at radius 2 is 1.86 bits per heavy atom. The van der Waals surface area contributed by atoms with Gasteiger partial charge >= 0.3 is 5.96 Å². The van der Waals surface area contributed by atoms with Crippen molar-refractivity contribution in [3.05, 3.63) is 0 Å². The Balaban J connectivity index is 2.79. The Labute approximate surface area is 38.2 Å². The lowest BCUT2D eigenvalue weighted by atomic mass is 11.1. The maximum Gasteiger partial charge on any atom is 0.326 e. The summed E-state index contributed by atoms with van der Waals surface area (Å²) in [5.74, 6) is -0.111. The van der Waals surface area contributed by atoms with Crippen molar-refractivity contribution in [1.82, 2.24) is 0 Å². The van der Waals surface area contributed by atoms with Crippen LogP contribution in [0.5, 0.6) is 0 Å². The number of guanidine groups is 1. The van der Waals surface area contributed by atoms with Crippen LogP contribution in [-0.2, 0) is 0 Å². The first kappa shape index (κ1) is 3.85. The summed E-state index contributed by atoms with van der Waals surface area (Å²) in [6.07, 6.45) is 0. The van der Waals surface area contributed by atoms with E-state index in [1.807, 2.05) is 0 Å². The molecule has 0 spiro atoms. The minimum absolute atomic E-state index is 0.111. The number of hydrogen-bond donors (Lipinski definition) is 1. The number of rotatable bonds is 0. The second-order valence-electron chi connectivity index (χ2n) is 0.779. The average Bonchev–Trinajstić information content (AvgIpc) is 2.14. The van der Waals surface area contributed by atoms with Crippen molar-refractivity contribution in [2.75, 3.05) is 0 Å². The van der Waals surface area contributed by atoms with Crippen LogP contribution in [0.1, 0.15) is 0 Å². The summed E-state index contributed by atoms with van der Waals surface area (Å²) in [5.41, 5.74) is 0. The van der Waals surface area contributed by atoms with Crippen LogP contribution in [0.15, 0.2) is 25.8 Å². The van der Waals surface area contributed by atoms with Crippen LogP contribution in [0.2, 0.25) is 0 Å². The van der Waals surface area contributed by atoms with Crippen molar-refractivity contribution in [1.29, 1.82) is 0 Å². The Hall–Kier alpha value is -1.33. The zero-order valence-corrected chi connectivity index (χ0v) is 3.18. The van der Waals surface area contributed by atoms with E-state index in [2.05, 4.69) is 25.8 Å². The molecule has 0 unspecified atom stereocenters. The fraction of sp³-hybridized carbons (Fsp3) is 0. The van der Waals surface area contributed by atoms with Gasteiger partial charge in [-0.3, -0.25) is 0 Å². The van der Waals surface area contributed by atoms with Gasteiger partial charge in [0.05, 0.1) is 0 Å². The quantitative estimate of drug-likeness (QED) is 0.349. The normalized spacial score (nSPS) is 15.7. The maximum atomic E-state index is 7.85. The van der Waals surface area contributed by atoms with E-state index >= 15 is 0 Å². The lowest BCUT2D eigenvalue weighted by Crippen LogP contribution is -1.78. The fourth-order valence-electron chi connectivity index (χ4n) is 0.180. The van der Waals surface area contributed by atoms with Crippen molar-refractivity contribution in [3.8, 4) is 0 Å². The molecule has 0 atom stereocenters. The Morgan fingerprint density at radius 3 is 2.14 bits per heavy atom. The van der Waals surface area contributed by atoms with Crippen LogP contribution >= 0.6 is 0 Å². The summed E-state index contributed by atoms with van der Waals surface area (Å²) in [6.45, 7) is 0. The molecule has 0 aromatic carbocycles. The van der Waals surface area contributed by atoms with Gasteiger partial charge in [0.25, 0.3) is 0 Å². The molecular weight excluding hydrogens is 98.0 g/mol. The molecule has 0 amide bonds. The van der Waals surface area contributed by atoms with E-state index in [1.165, 1.54) is 0 Å². The van der Waals surface area contributed by atoms with Gasteiger partial charge < -0.3 is 5.21 Å². The second kappa shape index (κ2) is 1.41. The van der Waals surface area contributed by atoms with Crippen molar-refractivity contribution in [3.63, 3.8) is 0 Å². The molecule has 6 nitrogen and oxygen atoms in total. The van der Waals surface area contributed by atoms with E-state index < -0.39 is 0 Å². The van der Waals surface area contributed by atoms with Crippen molar-refractivity contribution in [2.24, 2.45) is 25.8 Å². The van der Waals surface area contributed by atoms with Gasteiger partial charge in [-0.25, -0.2) is 0 Å². The molecule has 1 N–H and O–H groups in total. The molecule has 1 heterocycles. The second-order valence-corrected chi connectivity index (χ2v) is 0.779. The summed E-state index contributed by atoms with van der Waals surface area (Å²) in [6, 6.07) is 0. The summed E-state index contributed by atoms with van der Waals surface area (Å²) in [4.78, 5) is 0. The van der Waals surface area contributed by atoms with Gasteiger partial charge in [0.2, 0.25) is 0 Å². The van der Waals surface area contributed by atoms with Gasteiger partial charge in [0.15, 0.2) is 0 Å². The highest BCUT2D eigenvalue weighted by Crippen LogP contribution is 1.94. The highest BCUT2D eigenvalue weighted by atomic mass is 16.4. The van der Waals surface area contributed by atoms with Gasteiger partial charge in [-0.05, 0) is 15.6 Å². The van der Waals surface area contributed by atoms with Crippen LogP contribution in [0.25, 0.3) is 0 Å². The van der Waals surface area contributed by atoms with Gasteiger partial charge in [-0.15, -0.1) is 0 Å². The lowest BCUT2D eigenvalue weighted by molar-refractivity contribution is 0.317. The molecule has 36 valence electrons. The zero-order chi connectivity index (χ0) is 5.11. The van der Waals surface area contributed by atoms with Crippen molar-refractivity contribution in [2.45, 2.75) is 0 Å². The highest BCUT2D eigenvalue weighted by Gasteiger charge is 1.96. The third kappa shape index (κ3) is 0.566. The first-order valence-corrected chi connectivity index (χ1v) is 1.47. The third-order valence-electron chi connectivity index (χ3n) is 0.398. The Morgan fingerprint density at radius 1 is 1.29 bits per heavy atom. The maximum absolute atomic E-state index is 7.85. The molecule has 1 aliphatic heterocycles. The molecule has 0 bridgehead atoms. The van der Waals surface area contributed by atoms with Crippen molar-refractivity contribution < 1.29 is 5.21 Å². The zero-order valence-electron chi connectivity index (χ0n) is 3.18. The Bertz CT molecular complexity index is 130. The van der Waals surface area contributed by atoms with Gasteiger partial charge in [-0.1, -0.05) is 10.2 Å². The summed E-state index contributed by atoms with van der Waals surface area (Å²) in [7, 11) is 0. The predicted molar refractivity (Wildman–Crippen MR) is 18.9 cm³/mol. The highest BCUT2D eigenvalue weighted by molar-refractivity contribution is 5.80. The topological polar surface area (TPSA) is 82.0 Å². The van der Waals surface area contributed by atoms with E-state index in [0.29, 0.717) is 0 Å². The lowest BCUT2D eigenvalue weighted by Gasteiger charge is -1.68. The molecule has 7 heavy (non-hydrogen) atoms. The standard InChI is InChI=1S/CHN5O/c7-4-1-2-5-6-3-1/h7H. The van der Waals surface area contributed by atoms with E-state index in [9.17, 15) is 0 Å². The molecule has 0 aromatic rings. The van der Waals surface area contributed by atoms with Crippen molar-refractivity contribution >= 4 is 5.96 Å². The molecule has 0 saturated heterocycles. The fourth-order valence-corrected chi connectivity index (χ4v) is 0.180. The number of oxime groups is 1. The molecule has 6 heteroatoms. The van der Waals surface area contributed by atoms with Crippen LogP contribution < -0.4 is 0 Å². The summed E-state index contributed by atoms with van der Waals surface area (Å²) >= 11 is 0. The van der Waals surface area contributed by atoms with Gasteiger partial charge in [-0.2, -0.15) is 0 Å². The number of nitrogens with zero attached hydrogens (tertiary/aromatic N) is 5. The van der Waals surface area contributed by atoms with E-state index in [1.54, 1.807) is 0 Å². The molecule has 0 fully saturated rings. The third-order valence-corrected chi connectivity index (χ3v) is 0.398. The first-order valence-electron chi connectivity index (χ1n) is 1.47. The summed E-state index contributed by atoms with van der Waals surface area (Å²) in [5, 5.41) is 22.8. The predicted octanol–water partition coefficient (Wildman–Crippen LogP) is 0.565. The van der Waals surface area contributed by atoms with Crippen LogP contribution in [0.3, 0.4) is 0 Å². The smallest absolute Gasteiger partial charge is 0.326 e. The molecule has 0 radical (unpaired) electrons. The summed E-state index contributed by atoms with van der Waals surface area (Å²) < 4.78 is 0. The molecule has 0 aliphatic carbocycles. The molecule has 0 aromatic heterocycles. The Kier molecular flexibility index (Phi) is 0.777. The van der Waals surface area contributed by atoms with Crippen LogP contribution in [0, 0.1) is 0 Å². The SMILES string of the molecule is ON=C1N=NN=N1. The largest absolute Gasteiger partial charge is 0.408 e. The van der Waals surface area contributed by atoms with Gasteiger partial charge in [0, 0.05) is 0 Å². The van der Waals surface area contributed by atoms with Crippen LogP contribution in [-0.4, -0.2) is 11.2 Å². The van der Waals surface area contributed by atoms with E-state index in [0.717, 1.165) is 0 Å². The van der Waals surface area contributed by atoms with Gasteiger partial charge in [0.1, 0.15) is 0 Å². The molecule has 0 saturated carbocycles. The minimum atomic E-state index is -0.111. The average molecular weight is 99.1 g/mol. The number of hydrogen-bond acceptors (Lipinski definition) is 4. The molecular formula is CHN5O. The first-order chi connectivity index (χ1) is 3.43. The van der Waals surface area contributed by atoms with E-state index in [4.69, 9.17) is 5.21 Å². The monoisotopic (exact) mass is 99.0 g/mol. The molecule has 1 rings (SSSR count). The van der Waals surface area contributed by atoms with Crippen LogP contribution in [0.4, 0.5) is 0 Å².